The highest BCUT2D eigenvalue weighted by molar-refractivity contribution is 7.13. The zero-order valence-corrected chi connectivity index (χ0v) is 19.8. The first-order valence-corrected chi connectivity index (χ1v) is 11.3. The van der Waals surface area contributed by atoms with Crippen LogP contribution in [0.2, 0.25) is 10.0 Å². The van der Waals surface area contributed by atoms with Gasteiger partial charge >= 0.3 is 5.97 Å². The minimum Gasteiger partial charge on any atom is -0.493 e. The highest BCUT2D eigenvalue weighted by Gasteiger charge is 2.10. The molecule has 0 spiro atoms. The number of hydrogen-bond donors (Lipinski definition) is 1. The van der Waals surface area contributed by atoms with E-state index in [0.717, 1.165) is 5.56 Å². The summed E-state index contributed by atoms with van der Waals surface area (Å²) in [6.07, 6.45) is 1.76. The number of nitrogens with zero attached hydrogens (tertiary/aromatic N) is 2. The summed E-state index contributed by atoms with van der Waals surface area (Å²) in [6.45, 7) is 2.32. The number of halogens is 2. The van der Waals surface area contributed by atoms with Crippen molar-refractivity contribution in [2.45, 2.75) is 20.0 Å². The van der Waals surface area contributed by atoms with Gasteiger partial charge in [0.05, 0.1) is 32.0 Å². The van der Waals surface area contributed by atoms with Crippen molar-refractivity contribution in [3.05, 3.63) is 68.6 Å². The van der Waals surface area contributed by atoms with Gasteiger partial charge in [0.25, 0.3) is 0 Å². The van der Waals surface area contributed by atoms with Crippen molar-refractivity contribution in [2.24, 2.45) is 5.10 Å². The lowest BCUT2D eigenvalue weighted by Crippen LogP contribution is -2.07. The molecule has 0 saturated carbocycles. The molecule has 0 radical (unpaired) electrons. The van der Waals surface area contributed by atoms with E-state index in [1.807, 2.05) is 6.07 Å². The minimum absolute atomic E-state index is 0.133. The summed E-state index contributed by atoms with van der Waals surface area (Å²) in [5, 5.41) is 7.63. The Morgan fingerprint density at radius 2 is 2.00 bits per heavy atom. The Labute approximate surface area is 199 Å². The second kappa shape index (κ2) is 11.7. The first-order valence-electron chi connectivity index (χ1n) is 9.63. The number of thiazole rings is 1. The summed E-state index contributed by atoms with van der Waals surface area (Å²) in [4.78, 5) is 15.8. The van der Waals surface area contributed by atoms with E-state index in [1.54, 1.807) is 56.0 Å². The molecule has 0 aliphatic carbocycles. The fourth-order valence-electron chi connectivity index (χ4n) is 2.67. The highest BCUT2D eigenvalue weighted by atomic mass is 35.5. The number of rotatable bonds is 10. The van der Waals surface area contributed by atoms with Crippen LogP contribution in [0.15, 0.2) is 46.9 Å². The number of nitrogens with one attached hydrogen (secondary N) is 1. The lowest BCUT2D eigenvalue weighted by atomic mass is 10.2. The van der Waals surface area contributed by atoms with Gasteiger partial charge in [-0.25, -0.2) is 4.98 Å². The van der Waals surface area contributed by atoms with E-state index in [2.05, 4.69) is 15.5 Å². The quantitative estimate of drug-likeness (QED) is 0.225. The van der Waals surface area contributed by atoms with Crippen molar-refractivity contribution < 1.29 is 19.0 Å². The van der Waals surface area contributed by atoms with Gasteiger partial charge in [-0.1, -0.05) is 29.3 Å². The van der Waals surface area contributed by atoms with Crippen LogP contribution in [0, 0.1) is 0 Å². The number of carbonyl (C=O) groups is 1. The van der Waals surface area contributed by atoms with Gasteiger partial charge < -0.3 is 14.2 Å². The highest BCUT2D eigenvalue weighted by Crippen LogP contribution is 2.31. The van der Waals surface area contributed by atoms with Gasteiger partial charge in [-0.2, -0.15) is 5.10 Å². The maximum Gasteiger partial charge on any atom is 0.311 e. The summed E-state index contributed by atoms with van der Waals surface area (Å²) in [5.41, 5.74) is 4.99. The maximum atomic E-state index is 11.5. The standard InChI is InChI=1S/C22H21Cl2N3O4S/c1-3-30-21(28)10-15-13-32-22(26-15)27-25-11-14-7-8-19(20(9-14)29-2)31-12-16-17(23)5-4-6-18(16)24/h4-9,11,13H,3,10,12H2,1-2H3,(H,26,27)/b25-11-. The molecule has 0 aliphatic rings. The Kier molecular flexibility index (Phi) is 8.72. The Morgan fingerprint density at radius 1 is 1.22 bits per heavy atom. The maximum absolute atomic E-state index is 11.5. The Morgan fingerprint density at radius 3 is 2.72 bits per heavy atom. The minimum atomic E-state index is -0.306. The molecule has 32 heavy (non-hydrogen) atoms. The third-order valence-corrected chi connectivity index (χ3v) is 5.68. The molecule has 0 unspecified atom stereocenters. The van der Waals surface area contributed by atoms with Gasteiger partial charge in [-0.15, -0.1) is 11.3 Å². The second-order valence-electron chi connectivity index (χ2n) is 6.39. The number of hydrazone groups is 1. The van der Waals surface area contributed by atoms with Gasteiger partial charge in [-0.05, 0) is 42.8 Å². The number of ether oxygens (including phenoxy) is 3. The summed E-state index contributed by atoms with van der Waals surface area (Å²) in [7, 11) is 1.56. The fourth-order valence-corrected chi connectivity index (χ4v) is 3.83. The number of carbonyl (C=O) groups excluding carboxylic acids is 1. The molecular weight excluding hydrogens is 473 g/mol. The molecule has 0 amide bonds. The molecule has 3 aromatic rings. The summed E-state index contributed by atoms with van der Waals surface area (Å²) in [5.74, 6) is 0.791. The van der Waals surface area contributed by atoms with Gasteiger partial charge in [0, 0.05) is 21.0 Å². The van der Waals surface area contributed by atoms with Crippen LogP contribution in [0.3, 0.4) is 0 Å². The van der Waals surface area contributed by atoms with Crippen LogP contribution in [-0.4, -0.2) is 30.9 Å². The molecule has 0 atom stereocenters. The molecule has 168 valence electrons. The summed E-state index contributed by atoms with van der Waals surface area (Å²) in [6, 6.07) is 10.7. The normalized spacial score (nSPS) is 10.9. The Balaban J connectivity index is 1.60. The Bertz CT molecular complexity index is 1080. The summed E-state index contributed by atoms with van der Waals surface area (Å²) >= 11 is 13.7. The van der Waals surface area contributed by atoms with Gasteiger partial charge in [0.1, 0.15) is 6.61 Å². The van der Waals surface area contributed by atoms with E-state index >= 15 is 0 Å². The van der Waals surface area contributed by atoms with Crippen molar-refractivity contribution >= 4 is 51.9 Å². The molecule has 0 fully saturated rings. The summed E-state index contributed by atoms with van der Waals surface area (Å²) < 4.78 is 16.2. The molecule has 1 heterocycles. The van der Waals surface area contributed by atoms with Crippen molar-refractivity contribution in [3.63, 3.8) is 0 Å². The van der Waals surface area contributed by atoms with Crippen molar-refractivity contribution in [3.8, 4) is 11.5 Å². The SMILES string of the molecule is CCOC(=O)Cc1csc(N/N=C\c2ccc(OCc3c(Cl)cccc3Cl)c(OC)c2)n1. The number of benzene rings is 2. The van der Waals surface area contributed by atoms with E-state index < -0.39 is 0 Å². The number of aromatic nitrogens is 1. The number of esters is 1. The average molecular weight is 494 g/mol. The number of anilines is 1. The molecule has 0 aliphatic heterocycles. The van der Waals surface area contributed by atoms with Crippen LogP contribution in [-0.2, 0) is 22.6 Å². The molecule has 2 aromatic carbocycles. The van der Waals surface area contributed by atoms with E-state index in [-0.39, 0.29) is 19.0 Å². The molecule has 3 rings (SSSR count). The Hall–Kier alpha value is -2.81. The average Bonchev–Trinajstić information content (AvgIpc) is 3.21. The van der Waals surface area contributed by atoms with Gasteiger partial charge in [0.15, 0.2) is 11.5 Å². The first kappa shape index (κ1) is 23.8. The third-order valence-electron chi connectivity index (χ3n) is 4.18. The van der Waals surface area contributed by atoms with Crippen LogP contribution >= 0.6 is 34.5 Å². The molecule has 0 bridgehead atoms. The van der Waals surface area contributed by atoms with Gasteiger partial charge in [-0.3, -0.25) is 10.2 Å². The zero-order valence-electron chi connectivity index (χ0n) is 17.4. The predicted octanol–water partition coefficient (Wildman–Crippen LogP) is 5.59. The van der Waals surface area contributed by atoms with Crippen molar-refractivity contribution in [1.29, 1.82) is 0 Å². The molecule has 7 nitrogen and oxygen atoms in total. The topological polar surface area (TPSA) is 82.0 Å². The molecule has 0 saturated heterocycles. The molecule has 1 aromatic heterocycles. The van der Waals surface area contributed by atoms with Crippen LogP contribution < -0.4 is 14.9 Å². The van der Waals surface area contributed by atoms with Crippen LogP contribution in [0.5, 0.6) is 11.5 Å². The van der Waals surface area contributed by atoms with Gasteiger partial charge in [0.2, 0.25) is 5.13 Å². The van der Waals surface area contributed by atoms with E-state index in [9.17, 15) is 4.79 Å². The van der Waals surface area contributed by atoms with E-state index in [4.69, 9.17) is 37.4 Å². The van der Waals surface area contributed by atoms with Crippen molar-refractivity contribution in [1.82, 2.24) is 4.98 Å². The van der Waals surface area contributed by atoms with E-state index in [0.29, 0.717) is 44.5 Å². The third kappa shape index (κ3) is 6.59. The van der Waals surface area contributed by atoms with Crippen molar-refractivity contribution in [2.75, 3.05) is 19.1 Å². The van der Waals surface area contributed by atoms with E-state index in [1.165, 1.54) is 11.3 Å². The van der Waals surface area contributed by atoms with Crippen LogP contribution in [0.4, 0.5) is 5.13 Å². The first-order chi connectivity index (χ1) is 15.5. The second-order valence-corrected chi connectivity index (χ2v) is 8.07. The monoisotopic (exact) mass is 493 g/mol. The molecular formula is C22H21Cl2N3O4S. The number of methoxy groups -OCH3 is 1. The lowest BCUT2D eigenvalue weighted by Gasteiger charge is -2.13. The predicted molar refractivity (Wildman–Crippen MR) is 127 cm³/mol. The largest absolute Gasteiger partial charge is 0.493 e. The van der Waals surface area contributed by atoms with Crippen LogP contribution in [0.25, 0.3) is 0 Å². The smallest absolute Gasteiger partial charge is 0.311 e. The number of hydrogen-bond acceptors (Lipinski definition) is 8. The van der Waals surface area contributed by atoms with Crippen LogP contribution in [0.1, 0.15) is 23.7 Å². The zero-order chi connectivity index (χ0) is 22.9. The fraction of sp³-hybridized carbons (Fsp3) is 0.227. The lowest BCUT2D eigenvalue weighted by molar-refractivity contribution is -0.142. The molecule has 10 heteroatoms. The molecule has 1 N–H and O–H groups in total.